The number of aliphatic hydroxyl groups is 1. The Kier molecular flexibility index (Phi) is 4.68. The van der Waals surface area contributed by atoms with Gasteiger partial charge in [-0.25, -0.2) is 0 Å². The summed E-state index contributed by atoms with van der Waals surface area (Å²) in [5.74, 6) is 0. The number of halogens is 6. The Balaban J connectivity index is 2.77. The van der Waals surface area contributed by atoms with Crippen LogP contribution in [-0.2, 0) is 18.0 Å². The van der Waals surface area contributed by atoms with E-state index in [-0.39, 0.29) is 6.42 Å². The molecule has 0 spiro atoms. The molecule has 0 saturated carbocycles. The fourth-order valence-electron chi connectivity index (χ4n) is 2.71. The van der Waals surface area contributed by atoms with Crippen molar-refractivity contribution in [1.82, 2.24) is 0 Å². The molecule has 0 radical (unpaired) electrons. The van der Waals surface area contributed by atoms with Crippen LogP contribution >= 0.6 is 0 Å². The van der Waals surface area contributed by atoms with E-state index in [1.165, 1.54) is 19.1 Å². The highest BCUT2D eigenvalue weighted by molar-refractivity contribution is 5.46. The minimum Gasteiger partial charge on any atom is -0.380 e. The average Bonchev–Trinajstić information content (AvgIpc) is 2.52. The summed E-state index contributed by atoms with van der Waals surface area (Å²) in [6.45, 7) is 1.33. The highest BCUT2D eigenvalue weighted by Crippen LogP contribution is 2.45. The van der Waals surface area contributed by atoms with E-state index in [2.05, 4.69) is 0 Å². The third-order valence-corrected chi connectivity index (χ3v) is 3.87. The van der Waals surface area contributed by atoms with Gasteiger partial charge in [0.1, 0.15) is 5.60 Å². The standard InChI is InChI=1S/C17H14F6O/c1-2-15(24,11-7-3-5-9-13(11)16(18,19)20)12-8-4-6-10-14(12)17(21,22)23/h3-10,24H,2H2,1H3. The van der Waals surface area contributed by atoms with Gasteiger partial charge in [-0.15, -0.1) is 0 Å². The first kappa shape index (κ1) is 18.3. The Labute approximate surface area is 134 Å². The third-order valence-electron chi connectivity index (χ3n) is 3.87. The van der Waals surface area contributed by atoms with Crippen LogP contribution in [0.5, 0.6) is 0 Å². The zero-order chi connectivity index (χ0) is 18.2. The summed E-state index contributed by atoms with van der Waals surface area (Å²) in [6, 6.07) is 8.23. The van der Waals surface area contributed by atoms with Crippen LogP contribution in [0.1, 0.15) is 35.6 Å². The molecule has 1 nitrogen and oxygen atoms in total. The summed E-state index contributed by atoms with van der Waals surface area (Å²) in [7, 11) is 0. The van der Waals surface area contributed by atoms with Crippen LogP contribution in [0.2, 0.25) is 0 Å². The van der Waals surface area contributed by atoms with E-state index >= 15 is 0 Å². The summed E-state index contributed by atoms with van der Waals surface area (Å²) in [6.07, 6.45) is -9.95. The van der Waals surface area contributed by atoms with Crippen molar-refractivity contribution >= 4 is 0 Å². The van der Waals surface area contributed by atoms with Crippen molar-refractivity contribution in [3.05, 3.63) is 70.8 Å². The molecule has 0 amide bonds. The summed E-state index contributed by atoms with van der Waals surface area (Å²) in [5, 5.41) is 10.9. The van der Waals surface area contributed by atoms with Crippen molar-refractivity contribution in [1.29, 1.82) is 0 Å². The van der Waals surface area contributed by atoms with Crippen LogP contribution in [0.15, 0.2) is 48.5 Å². The molecule has 2 aromatic carbocycles. The Morgan fingerprint density at radius 2 is 0.958 bits per heavy atom. The van der Waals surface area contributed by atoms with Gasteiger partial charge in [0.15, 0.2) is 0 Å². The van der Waals surface area contributed by atoms with Crippen molar-refractivity contribution < 1.29 is 31.4 Å². The van der Waals surface area contributed by atoms with Gasteiger partial charge in [0.25, 0.3) is 0 Å². The van der Waals surface area contributed by atoms with E-state index in [1.807, 2.05) is 0 Å². The lowest BCUT2D eigenvalue weighted by Gasteiger charge is -2.32. The molecule has 0 aliphatic carbocycles. The number of hydrogen-bond donors (Lipinski definition) is 1. The second kappa shape index (κ2) is 6.12. The van der Waals surface area contributed by atoms with Crippen molar-refractivity contribution in [3.8, 4) is 0 Å². The Morgan fingerprint density at radius 3 is 1.21 bits per heavy atom. The fourth-order valence-corrected chi connectivity index (χ4v) is 2.71. The minimum atomic E-state index is -4.80. The number of hydrogen-bond acceptors (Lipinski definition) is 1. The molecule has 0 atom stereocenters. The number of rotatable bonds is 3. The Bertz CT molecular complexity index is 660. The molecule has 0 aliphatic heterocycles. The van der Waals surface area contributed by atoms with Gasteiger partial charge in [-0.3, -0.25) is 0 Å². The molecular weight excluding hydrogens is 334 g/mol. The van der Waals surface area contributed by atoms with Gasteiger partial charge in [0, 0.05) is 11.1 Å². The molecule has 0 aliphatic rings. The third kappa shape index (κ3) is 3.26. The van der Waals surface area contributed by atoms with E-state index in [0.29, 0.717) is 0 Å². The topological polar surface area (TPSA) is 20.2 Å². The SMILES string of the molecule is CCC(O)(c1ccccc1C(F)(F)F)c1ccccc1C(F)(F)F. The van der Waals surface area contributed by atoms with E-state index in [4.69, 9.17) is 0 Å². The fraction of sp³-hybridized carbons (Fsp3) is 0.294. The molecule has 0 unspecified atom stereocenters. The van der Waals surface area contributed by atoms with Crippen LogP contribution in [0, 0.1) is 0 Å². The summed E-state index contributed by atoms with van der Waals surface area (Å²) in [5.41, 5.74) is -5.94. The minimum absolute atomic E-state index is 0.354. The molecule has 1 N–H and O–H groups in total. The molecule has 0 bridgehead atoms. The zero-order valence-corrected chi connectivity index (χ0v) is 12.5. The van der Waals surface area contributed by atoms with Gasteiger partial charge in [-0.05, 0) is 18.6 Å². The maximum atomic E-state index is 13.2. The van der Waals surface area contributed by atoms with Gasteiger partial charge in [0.05, 0.1) is 11.1 Å². The van der Waals surface area contributed by atoms with Gasteiger partial charge < -0.3 is 5.11 Å². The molecule has 0 heterocycles. The monoisotopic (exact) mass is 348 g/mol. The molecule has 0 saturated heterocycles. The van der Waals surface area contributed by atoms with Gasteiger partial charge in [-0.2, -0.15) is 26.3 Å². The summed E-state index contributed by atoms with van der Waals surface area (Å²) < 4.78 is 79.4. The van der Waals surface area contributed by atoms with Crippen LogP contribution in [-0.4, -0.2) is 5.11 Å². The molecular formula is C17H14F6O. The lowest BCUT2D eigenvalue weighted by molar-refractivity contribution is -0.142. The first-order valence-corrected chi connectivity index (χ1v) is 7.07. The van der Waals surface area contributed by atoms with Crippen molar-refractivity contribution in [2.24, 2.45) is 0 Å². The van der Waals surface area contributed by atoms with Gasteiger partial charge >= 0.3 is 12.4 Å². The van der Waals surface area contributed by atoms with Crippen LogP contribution in [0.25, 0.3) is 0 Å². The normalized spacial score (nSPS) is 13.2. The smallest absolute Gasteiger partial charge is 0.380 e. The molecule has 0 aromatic heterocycles. The Morgan fingerprint density at radius 1 is 0.667 bits per heavy atom. The maximum absolute atomic E-state index is 13.2. The predicted octanol–water partition coefficient (Wildman–Crippen LogP) is 5.37. The number of benzene rings is 2. The highest BCUT2D eigenvalue weighted by atomic mass is 19.4. The predicted molar refractivity (Wildman–Crippen MR) is 76.2 cm³/mol. The molecule has 0 fully saturated rings. The van der Waals surface area contributed by atoms with E-state index in [9.17, 15) is 31.4 Å². The van der Waals surface area contributed by atoms with Gasteiger partial charge in [-0.1, -0.05) is 43.3 Å². The zero-order valence-electron chi connectivity index (χ0n) is 12.5. The van der Waals surface area contributed by atoms with Gasteiger partial charge in [0.2, 0.25) is 0 Å². The van der Waals surface area contributed by atoms with E-state index in [0.717, 1.165) is 36.4 Å². The molecule has 130 valence electrons. The van der Waals surface area contributed by atoms with E-state index in [1.54, 1.807) is 0 Å². The van der Waals surface area contributed by atoms with Crippen molar-refractivity contribution in [3.63, 3.8) is 0 Å². The first-order chi connectivity index (χ1) is 11.0. The average molecular weight is 348 g/mol. The Hall–Kier alpha value is -2.02. The van der Waals surface area contributed by atoms with E-state index < -0.39 is 40.2 Å². The maximum Gasteiger partial charge on any atom is 0.416 e. The highest BCUT2D eigenvalue weighted by Gasteiger charge is 2.45. The lowest BCUT2D eigenvalue weighted by atomic mass is 9.79. The van der Waals surface area contributed by atoms with Crippen LogP contribution < -0.4 is 0 Å². The van der Waals surface area contributed by atoms with Crippen molar-refractivity contribution in [2.75, 3.05) is 0 Å². The molecule has 2 aromatic rings. The molecule has 2 rings (SSSR count). The van der Waals surface area contributed by atoms with Crippen molar-refractivity contribution in [2.45, 2.75) is 31.3 Å². The number of alkyl halides is 6. The quantitative estimate of drug-likeness (QED) is 0.740. The van der Waals surface area contributed by atoms with Crippen LogP contribution in [0.4, 0.5) is 26.3 Å². The summed E-state index contributed by atoms with van der Waals surface area (Å²) in [4.78, 5) is 0. The molecule has 7 heteroatoms. The largest absolute Gasteiger partial charge is 0.416 e. The first-order valence-electron chi connectivity index (χ1n) is 7.07. The summed E-state index contributed by atoms with van der Waals surface area (Å²) >= 11 is 0. The second-order valence-corrected chi connectivity index (χ2v) is 5.30. The van der Waals surface area contributed by atoms with Crippen LogP contribution in [0.3, 0.4) is 0 Å². The lowest BCUT2D eigenvalue weighted by Crippen LogP contribution is -2.32. The second-order valence-electron chi connectivity index (χ2n) is 5.30. The molecule has 24 heavy (non-hydrogen) atoms.